The topological polar surface area (TPSA) is 38.9 Å². The molecule has 0 aromatic carbocycles. The minimum absolute atomic E-state index is 0.300. The summed E-state index contributed by atoms with van der Waals surface area (Å²) in [5, 5.41) is 0. The van der Waals surface area contributed by atoms with Gasteiger partial charge in [-0.15, -0.1) is 0 Å². The summed E-state index contributed by atoms with van der Waals surface area (Å²) in [6.45, 7) is 4.50. The Balaban J connectivity index is 2.25. The number of pyridine rings is 1. The molecule has 1 fully saturated rings. The molecule has 2 atom stereocenters. The molecule has 1 aliphatic rings. The van der Waals surface area contributed by atoms with E-state index in [9.17, 15) is 0 Å². The maximum atomic E-state index is 6.18. The summed E-state index contributed by atoms with van der Waals surface area (Å²) in [6.07, 6.45) is 5.30. The summed E-state index contributed by atoms with van der Waals surface area (Å²) in [5.74, 6) is 0.573. The van der Waals surface area contributed by atoms with E-state index in [4.69, 9.17) is 5.73 Å². The Morgan fingerprint density at radius 1 is 1.40 bits per heavy atom. The molecule has 0 aliphatic heterocycles. The molecule has 1 saturated carbocycles. The second kappa shape index (κ2) is 3.93. The first kappa shape index (κ1) is 10.6. The minimum Gasteiger partial charge on any atom is -0.327 e. The van der Waals surface area contributed by atoms with E-state index in [-0.39, 0.29) is 0 Å². The van der Waals surface area contributed by atoms with E-state index in [1.165, 1.54) is 5.69 Å². The second-order valence-corrected chi connectivity index (χ2v) is 4.59. The van der Waals surface area contributed by atoms with E-state index >= 15 is 0 Å². The van der Waals surface area contributed by atoms with Crippen LogP contribution in [0.15, 0.2) is 24.4 Å². The van der Waals surface area contributed by atoms with Gasteiger partial charge in [0.1, 0.15) is 0 Å². The highest BCUT2D eigenvalue weighted by molar-refractivity contribution is 5.22. The fourth-order valence-corrected chi connectivity index (χ4v) is 3.09. The third kappa shape index (κ3) is 1.48. The maximum Gasteiger partial charge on any atom is 0.0441 e. The van der Waals surface area contributed by atoms with E-state index in [1.54, 1.807) is 0 Å². The zero-order valence-electron chi connectivity index (χ0n) is 9.61. The number of aromatic nitrogens is 1. The molecule has 1 heterocycles. The van der Waals surface area contributed by atoms with Crippen molar-refractivity contribution in [1.29, 1.82) is 0 Å². The average Bonchev–Trinajstić information content (AvgIpc) is 2.29. The van der Waals surface area contributed by atoms with Crippen molar-refractivity contribution in [1.82, 2.24) is 4.98 Å². The third-order valence-electron chi connectivity index (χ3n) is 4.28. The van der Waals surface area contributed by atoms with E-state index in [2.05, 4.69) is 31.0 Å². The van der Waals surface area contributed by atoms with Gasteiger partial charge in [-0.05, 0) is 36.8 Å². The Labute approximate surface area is 91.9 Å². The Morgan fingerprint density at radius 2 is 2.13 bits per heavy atom. The molecule has 15 heavy (non-hydrogen) atoms. The fraction of sp³-hybridized carbons (Fsp3) is 0.615. The first-order valence-corrected chi connectivity index (χ1v) is 5.91. The predicted octanol–water partition coefficient (Wildman–Crippen LogP) is 2.70. The smallest absolute Gasteiger partial charge is 0.0441 e. The van der Waals surface area contributed by atoms with Gasteiger partial charge in [-0.2, -0.15) is 0 Å². The Kier molecular flexibility index (Phi) is 2.79. The predicted molar refractivity (Wildman–Crippen MR) is 62.6 cm³/mol. The molecule has 0 radical (unpaired) electrons. The molecule has 2 nitrogen and oxygen atoms in total. The SMILES string of the molecule is CCC1(CC)C(N)CC1c1ccccn1. The van der Waals surface area contributed by atoms with E-state index in [1.807, 2.05) is 12.3 Å². The lowest BCUT2D eigenvalue weighted by atomic mass is 9.53. The maximum absolute atomic E-state index is 6.18. The van der Waals surface area contributed by atoms with Crippen molar-refractivity contribution in [2.75, 3.05) is 0 Å². The molecular formula is C13H20N2. The zero-order chi connectivity index (χ0) is 10.9. The van der Waals surface area contributed by atoms with Crippen LogP contribution in [-0.2, 0) is 0 Å². The molecular weight excluding hydrogens is 184 g/mol. The second-order valence-electron chi connectivity index (χ2n) is 4.59. The van der Waals surface area contributed by atoms with E-state index in [0.29, 0.717) is 17.4 Å². The number of hydrogen-bond acceptors (Lipinski definition) is 2. The van der Waals surface area contributed by atoms with Crippen molar-refractivity contribution in [3.63, 3.8) is 0 Å². The molecule has 0 amide bonds. The van der Waals surface area contributed by atoms with Gasteiger partial charge in [-0.1, -0.05) is 19.9 Å². The van der Waals surface area contributed by atoms with Gasteiger partial charge in [0.2, 0.25) is 0 Å². The summed E-state index contributed by atoms with van der Waals surface area (Å²) in [6, 6.07) is 6.54. The number of nitrogens with two attached hydrogens (primary N) is 1. The number of nitrogens with zero attached hydrogens (tertiary/aromatic N) is 1. The molecule has 0 spiro atoms. The molecule has 1 aromatic rings. The van der Waals surface area contributed by atoms with Crippen LogP contribution in [0, 0.1) is 5.41 Å². The van der Waals surface area contributed by atoms with Crippen molar-refractivity contribution >= 4 is 0 Å². The van der Waals surface area contributed by atoms with Crippen LogP contribution in [0.2, 0.25) is 0 Å². The van der Waals surface area contributed by atoms with Gasteiger partial charge in [0.15, 0.2) is 0 Å². The van der Waals surface area contributed by atoms with Crippen LogP contribution in [0.1, 0.15) is 44.7 Å². The number of hydrogen-bond donors (Lipinski definition) is 1. The first-order chi connectivity index (χ1) is 7.24. The molecule has 0 bridgehead atoms. The van der Waals surface area contributed by atoms with Gasteiger partial charge in [-0.25, -0.2) is 0 Å². The highest BCUT2D eigenvalue weighted by Crippen LogP contribution is 2.55. The van der Waals surface area contributed by atoms with Gasteiger partial charge >= 0.3 is 0 Å². The highest BCUT2D eigenvalue weighted by atomic mass is 14.8. The van der Waals surface area contributed by atoms with Crippen LogP contribution < -0.4 is 5.73 Å². The standard InChI is InChI=1S/C13H20N2/c1-3-13(4-2)10(9-12(13)14)11-7-5-6-8-15-11/h5-8,10,12H,3-4,9,14H2,1-2H3. The lowest BCUT2D eigenvalue weighted by Gasteiger charge is -2.54. The molecule has 82 valence electrons. The van der Waals surface area contributed by atoms with Crippen LogP contribution in [0.5, 0.6) is 0 Å². The molecule has 2 unspecified atom stereocenters. The monoisotopic (exact) mass is 204 g/mol. The normalized spacial score (nSPS) is 28.5. The van der Waals surface area contributed by atoms with Crippen LogP contribution in [0.3, 0.4) is 0 Å². The zero-order valence-corrected chi connectivity index (χ0v) is 9.61. The largest absolute Gasteiger partial charge is 0.327 e. The van der Waals surface area contributed by atoms with Gasteiger partial charge in [0.25, 0.3) is 0 Å². The summed E-state index contributed by atoms with van der Waals surface area (Å²) >= 11 is 0. The number of rotatable bonds is 3. The van der Waals surface area contributed by atoms with Gasteiger partial charge in [-0.3, -0.25) is 4.98 Å². The molecule has 0 saturated heterocycles. The van der Waals surface area contributed by atoms with Gasteiger partial charge < -0.3 is 5.73 Å². The highest BCUT2D eigenvalue weighted by Gasteiger charge is 2.51. The Hall–Kier alpha value is -0.890. The van der Waals surface area contributed by atoms with Crippen LogP contribution in [0.4, 0.5) is 0 Å². The molecule has 1 aliphatic carbocycles. The van der Waals surface area contributed by atoms with E-state index in [0.717, 1.165) is 19.3 Å². The first-order valence-electron chi connectivity index (χ1n) is 5.91. The van der Waals surface area contributed by atoms with E-state index < -0.39 is 0 Å². The van der Waals surface area contributed by atoms with Gasteiger partial charge in [0, 0.05) is 23.9 Å². The van der Waals surface area contributed by atoms with Crippen molar-refractivity contribution < 1.29 is 0 Å². The minimum atomic E-state index is 0.300. The lowest BCUT2D eigenvalue weighted by Crippen LogP contribution is -2.56. The van der Waals surface area contributed by atoms with Crippen molar-refractivity contribution in [3.8, 4) is 0 Å². The Bertz CT molecular complexity index is 317. The van der Waals surface area contributed by atoms with Crippen molar-refractivity contribution in [3.05, 3.63) is 30.1 Å². The van der Waals surface area contributed by atoms with Crippen LogP contribution >= 0.6 is 0 Å². The fourth-order valence-electron chi connectivity index (χ4n) is 3.09. The molecule has 2 rings (SSSR count). The van der Waals surface area contributed by atoms with Crippen LogP contribution in [-0.4, -0.2) is 11.0 Å². The Morgan fingerprint density at radius 3 is 2.60 bits per heavy atom. The summed E-state index contributed by atoms with van der Waals surface area (Å²) < 4.78 is 0. The average molecular weight is 204 g/mol. The lowest BCUT2D eigenvalue weighted by molar-refractivity contribution is 0.0414. The van der Waals surface area contributed by atoms with Crippen molar-refractivity contribution in [2.24, 2.45) is 11.1 Å². The van der Waals surface area contributed by atoms with Gasteiger partial charge in [0.05, 0.1) is 0 Å². The van der Waals surface area contributed by atoms with Crippen molar-refractivity contribution in [2.45, 2.75) is 45.1 Å². The van der Waals surface area contributed by atoms with Crippen LogP contribution in [0.25, 0.3) is 0 Å². The summed E-state index contributed by atoms with van der Waals surface area (Å²) in [7, 11) is 0. The quantitative estimate of drug-likeness (QED) is 0.822. The third-order valence-corrected chi connectivity index (χ3v) is 4.28. The molecule has 2 N–H and O–H groups in total. The molecule has 1 aromatic heterocycles. The summed E-state index contributed by atoms with van der Waals surface area (Å²) in [4.78, 5) is 4.47. The molecule has 2 heteroatoms. The summed E-state index contributed by atoms with van der Waals surface area (Å²) in [5.41, 5.74) is 7.70.